The van der Waals surface area contributed by atoms with Gasteiger partial charge in [0.2, 0.25) is 0 Å². The van der Waals surface area contributed by atoms with E-state index in [1.807, 2.05) is 21.1 Å². The normalized spacial score (nSPS) is 13.4. The van der Waals surface area contributed by atoms with Gasteiger partial charge in [0, 0.05) is 12.8 Å². The van der Waals surface area contributed by atoms with Crippen molar-refractivity contribution in [3.05, 3.63) is 120 Å². The monoisotopic (exact) mass is 1080 g/mol. The third-order valence-electron chi connectivity index (χ3n) is 16.1. The first-order valence-corrected chi connectivity index (χ1v) is 31.4. The van der Waals surface area contributed by atoms with Crippen LogP contribution < -0.4 is 4.89 Å². The third kappa shape index (κ3) is 17.7. The lowest BCUT2D eigenvalue weighted by Crippen LogP contribution is -2.37. The number of quaternary nitrogens is 1. The molecule has 8 aromatic rings. The Morgan fingerprint density at radius 3 is 1.22 bits per heavy atom. The average molecular weight is 1080 g/mol. The number of unbranched alkanes of at least 4 members (excludes halogenated alkanes) is 20. The first-order valence-electron chi connectivity index (χ1n) is 30.0. The fraction of sp³-hybridized carbons (Fsp3) is 0.500. The van der Waals surface area contributed by atoms with Crippen LogP contribution in [0.1, 0.15) is 165 Å². The van der Waals surface area contributed by atoms with E-state index in [4.69, 9.17) is 18.5 Å². The summed E-state index contributed by atoms with van der Waals surface area (Å²) in [5, 5.41) is 16.4. The first-order chi connectivity index (χ1) is 37.9. The number of ether oxygens (including phenoxy) is 2. The Balaban J connectivity index is 0.634. The highest BCUT2D eigenvalue weighted by Gasteiger charge is 2.22. The molecule has 8 rings (SSSR count). The molecule has 78 heavy (non-hydrogen) atoms. The number of rotatable bonds is 38. The fourth-order valence-corrected chi connectivity index (χ4v) is 12.4. The molecule has 0 amide bonds. The van der Waals surface area contributed by atoms with Gasteiger partial charge >= 0.3 is 11.9 Å². The highest BCUT2D eigenvalue weighted by atomic mass is 31.2. The van der Waals surface area contributed by atoms with Gasteiger partial charge in [-0.3, -0.25) is 14.2 Å². The van der Waals surface area contributed by atoms with Crippen molar-refractivity contribution < 1.29 is 42.1 Å². The first kappa shape index (κ1) is 59.0. The zero-order valence-corrected chi connectivity index (χ0v) is 48.2. The Kier molecular flexibility index (Phi) is 22.6. The van der Waals surface area contributed by atoms with Gasteiger partial charge in [-0.15, -0.1) is 0 Å². The summed E-state index contributed by atoms with van der Waals surface area (Å²) in [6.45, 7) is -0.331. The molecule has 2 unspecified atom stereocenters. The molecule has 0 saturated heterocycles. The smallest absolute Gasteiger partial charge is 0.306 e. The van der Waals surface area contributed by atoms with Gasteiger partial charge in [-0.1, -0.05) is 225 Å². The second-order valence-corrected chi connectivity index (χ2v) is 24.7. The number of nitrogens with zero attached hydrogens (tertiary/aromatic N) is 1. The van der Waals surface area contributed by atoms with E-state index in [-0.39, 0.29) is 26.1 Å². The van der Waals surface area contributed by atoms with Gasteiger partial charge in [0.1, 0.15) is 19.8 Å². The van der Waals surface area contributed by atoms with Crippen molar-refractivity contribution in [2.45, 2.75) is 173 Å². The van der Waals surface area contributed by atoms with E-state index in [1.54, 1.807) is 0 Å². The number of phosphoric ester groups is 1. The lowest BCUT2D eigenvalue weighted by atomic mass is 9.90. The molecule has 10 heteroatoms. The number of hydrogen-bond acceptors (Lipinski definition) is 8. The Labute approximate surface area is 465 Å². The molecule has 0 bridgehead atoms. The molecule has 0 fully saturated rings. The van der Waals surface area contributed by atoms with Gasteiger partial charge in [-0.25, -0.2) is 0 Å². The molecule has 0 saturated carbocycles. The van der Waals surface area contributed by atoms with E-state index >= 15 is 0 Å². The molecule has 0 aliphatic rings. The quantitative estimate of drug-likeness (QED) is 0.0124. The van der Waals surface area contributed by atoms with Crippen molar-refractivity contribution >= 4 is 84.4 Å². The molecule has 418 valence electrons. The zero-order chi connectivity index (χ0) is 54.6. The molecule has 0 N–H and O–H groups in total. The minimum absolute atomic E-state index is 0.0412. The van der Waals surface area contributed by atoms with Crippen LogP contribution in [0.15, 0.2) is 109 Å². The summed E-state index contributed by atoms with van der Waals surface area (Å²) in [7, 11) is 1.14. The van der Waals surface area contributed by atoms with Gasteiger partial charge in [0.25, 0.3) is 7.82 Å². The standard InChI is InChI=1S/C68H88NO8P/c1-69(2,3)48-49-75-78(72,73)76-51-60(77-64(71)35-25-21-17-13-9-5-7-11-15-19-23-29-53-37-39-59-43-41-55-31-27-33-57-45-47-62(53)68(59)66(55)57)50-74-63(70)34-24-20-16-12-8-4-6-10-14-18-22-28-52-36-38-58-42-40-54-30-26-32-56-44-46-61(52)67(58)65(54)56/h26-27,30-33,36-47,60H,4-25,28-29,34-35,48-51H2,1-3H3. The minimum atomic E-state index is -4.66. The highest BCUT2D eigenvalue weighted by molar-refractivity contribution is 7.45. The molecule has 8 aromatic carbocycles. The number of carbonyl (C=O) groups is 2. The van der Waals surface area contributed by atoms with Crippen LogP contribution in [-0.2, 0) is 45.5 Å². The van der Waals surface area contributed by atoms with E-state index in [1.165, 1.54) is 166 Å². The molecule has 0 aliphatic heterocycles. The topological polar surface area (TPSA) is 111 Å². The van der Waals surface area contributed by atoms with E-state index in [9.17, 15) is 19.0 Å². The summed E-state index contributed by atoms with van der Waals surface area (Å²) in [6.07, 6.45) is 26.7. The fourth-order valence-electron chi connectivity index (χ4n) is 11.6. The molecular weight excluding hydrogens is 990 g/mol. The highest BCUT2D eigenvalue weighted by Crippen LogP contribution is 2.40. The Morgan fingerprint density at radius 2 is 0.795 bits per heavy atom. The molecule has 2 atom stereocenters. The van der Waals surface area contributed by atoms with E-state index in [2.05, 4.69) is 109 Å². The predicted molar refractivity (Wildman–Crippen MR) is 322 cm³/mol. The second kappa shape index (κ2) is 29.9. The molecule has 0 radical (unpaired) electrons. The van der Waals surface area contributed by atoms with Crippen molar-refractivity contribution in [2.75, 3.05) is 47.5 Å². The molecule has 0 spiro atoms. The number of esters is 2. The Hall–Kier alpha value is -5.15. The van der Waals surface area contributed by atoms with Crippen LogP contribution in [0.4, 0.5) is 0 Å². The van der Waals surface area contributed by atoms with E-state index in [0.29, 0.717) is 23.9 Å². The number of likely N-dealkylation sites (N-methyl/N-ethyl adjacent to an activating group) is 1. The number of phosphoric acid groups is 1. The maximum atomic E-state index is 12.9. The molecular formula is C68H88NO8P. The largest absolute Gasteiger partial charge is 0.756 e. The van der Waals surface area contributed by atoms with Gasteiger partial charge in [0.05, 0.1) is 27.7 Å². The summed E-state index contributed by atoms with van der Waals surface area (Å²) in [6, 6.07) is 40.7. The van der Waals surface area contributed by atoms with Gasteiger partial charge in [-0.2, -0.15) is 0 Å². The summed E-state index contributed by atoms with van der Waals surface area (Å²) >= 11 is 0. The van der Waals surface area contributed by atoms with Gasteiger partial charge in [-0.05, 0) is 114 Å². The minimum Gasteiger partial charge on any atom is -0.756 e. The Morgan fingerprint density at radius 1 is 0.436 bits per heavy atom. The summed E-state index contributed by atoms with van der Waals surface area (Å²) in [4.78, 5) is 38.2. The van der Waals surface area contributed by atoms with Crippen LogP contribution >= 0.6 is 7.82 Å². The van der Waals surface area contributed by atoms with Crippen LogP contribution in [0.2, 0.25) is 0 Å². The van der Waals surface area contributed by atoms with Gasteiger partial charge < -0.3 is 27.9 Å². The van der Waals surface area contributed by atoms with E-state index < -0.39 is 32.5 Å². The second-order valence-electron chi connectivity index (χ2n) is 23.3. The van der Waals surface area contributed by atoms with Crippen LogP contribution in [0.25, 0.3) is 64.6 Å². The van der Waals surface area contributed by atoms with E-state index in [0.717, 1.165) is 51.4 Å². The summed E-state index contributed by atoms with van der Waals surface area (Å²) in [5.41, 5.74) is 2.93. The van der Waals surface area contributed by atoms with Crippen molar-refractivity contribution in [3.8, 4) is 0 Å². The van der Waals surface area contributed by atoms with Crippen LogP contribution in [-0.4, -0.2) is 70.0 Å². The molecule has 0 aliphatic carbocycles. The third-order valence-corrected chi connectivity index (χ3v) is 17.0. The van der Waals surface area contributed by atoms with Gasteiger partial charge in [0.15, 0.2) is 6.10 Å². The maximum Gasteiger partial charge on any atom is 0.306 e. The number of aryl methyl sites for hydroxylation is 2. The van der Waals surface area contributed by atoms with Crippen molar-refractivity contribution in [1.29, 1.82) is 0 Å². The van der Waals surface area contributed by atoms with Crippen molar-refractivity contribution in [3.63, 3.8) is 0 Å². The number of benzene rings is 8. The zero-order valence-electron chi connectivity index (χ0n) is 47.3. The summed E-state index contributed by atoms with van der Waals surface area (Å²) < 4.78 is 34.4. The lowest BCUT2D eigenvalue weighted by Gasteiger charge is -2.28. The van der Waals surface area contributed by atoms with Crippen molar-refractivity contribution in [1.82, 2.24) is 0 Å². The van der Waals surface area contributed by atoms with Crippen LogP contribution in [0.5, 0.6) is 0 Å². The molecule has 0 heterocycles. The van der Waals surface area contributed by atoms with Crippen LogP contribution in [0.3, 0.4) is 0 Å². The predicted octanol–water partition coefficient (Wildman–Crippen LogP) is 17.3. The summed E-state index contributed by atoms with van der Waals surface area (Å²) in [5.74, 6) is -0.850. The van der Waals surface area contributed by atoms with Crippen molar-refractivity contribution in [2.24, 2.45) is 0 Å². The number of hydrogen-bond donors (Lipinski definition) is 0. The lowest BCUT2D eigenvalue weighted by molar-refractivity contribution is -0.870. The Bertz CT molecular complexity index is 3130. The maximum absolute atomic E-state index is 12.9. The average Bonchev–Trinajstić information content (AvgIpc) is 3.54. The molecule has 0 aromatic heterocycles. The SMILES string of the molecule is C[N+](C)(C)CCOP(=O)([O-])OCC(COC(=O)CCCCCCCCCCCCCc1ccc2ccc3cccc4ccc1c2c34)OC(=O)CCCCCCCCCCCCCc1ccc2ccc3cccc4ccc1c2c34. The molecule has 9 nitrogen and oxygen atoms in total. The van der Waals surface area contributed by atoms with Crippen LogP contribution in [0, 0.1) is 0 Å². The number of carbonyl (C=O) groups excluding carboxylic acids is 2.